The summed E-state index contributed by atoms with van der Waals surface area (Å²) in [5.74, 6) is -4.54. The molecule has 2 rings (SSSR count). The number of cyclic esters (lactones) is 4. The Bertz CT molecular complexity index is 263. The van der Waals surface area contributed by atoms with E-state index >= 15 is 0 Å². The van der Waals surface area contributed by atoms with Crippen molar-refractivity contribution in [2.24, 2.45) is 5.41 Å². The van der Waals surface area contributed by atoms with Crippen molar-refractivity contribution in [3.63, 3.8) is 0 Å². The number of hydrogen-bond acceptors (Lipinski definition) is 6. The summed E-state index contributed by atoms with van der Waals surface area (Å²) in [6, 6.07) is 0. The molecule has 2 heterocycles. The van der Waals surface area contributed by atoms with E-state index in [1.807, 2.05) is 0 Å². The number of esters is 4. The van der Waals surface area contributed by atoms with Gasteiger partial charge in [-0.2, -0.15) is 0 Å². The van der Waals surface area contributed by atoms with Gasteiger partial charge in [-0.05, 0) is 0 Å². The molecule has 2 saturated heterocycles. The monoisotopic (exact) mass is 277 g/mol. The second kappa shape index (κ2) is 4.22. The fourth-order valence-corrected chi connectivity index (χ4v) is 0.882. The van der Waals surface area contributed by atoms with Gasteiger partial charge < -0.3 is 21.8 Å². The van der Waals surface area contributed by atoms with E-state index in [0.717, 1.165) is 0 Å². The minimum atomic E-state index is -2.22. The minimum absolute atomic E-state index is 0. The van der Waals surface area contributed by atoms with Crippen molar-refractivity contribution in [2.75, 3.05) is 0 Å². The van der Waals surface area contributed by atoms with E-state index in [1.165, 1.54) is 0 Å². The van der Waals surface area contributed by atoms with Gasteiger partial charge in [0.1, 0.15) is 0 Å². The molecule has 0 saturated carbocycles. The SMILES string of the molecule is O=C1OC(=O)C12C(=O)OC2=O.[NH2-].[NH2-].[Y]. The van der Waals surface area contributed by atoms with Crippen molar-refractivity contribution in [3.8, 4) is 0 Å². The quantitative estimate of drug-likeness (QED) is 0.432. The molecule has 0 aromatic carbocycles. The number of carbonyl (C=O) groups excluding carboxylic acids is 4. The zero-order valence-electron chi connectivity index (χ0n) is 6.68. The molecule has 1 radical (unpaired) electrons. The van der Waals surface area contributed by atoms with Gasteiger partial charge in [-0.1, -0.05) is 0 Å². The Hall–Kier alpha value is -0.696. The zero-order valence-corrected chi connectivity index (χ0v) is 9.52. The Labute approximate surface area is 103 Å². The van der Waals surface area contributed by atoms with Gasteiger partial charge in [-0.15, -0.1) is 0 Å². The first-order valence-corrected chi connectivity index (χ1v) is 2.63. The van der Waals surface area contributed by atoms with Crippen LogP contribution in [0.4, 0.5) is 0 Å². The van der Waals surface area contributed by atoms with Crippen LogP contribution in [0.5, 0.6) is 0 Å². The molecule has 1 spiro atoms. The van der Waals surface area contributed by atoms with Crippen molar-refractivity contribution >= 4 is 23.9 Å². The molecule has 0 bridgehead atoms. The fraction of sp³-hybridized carbons (Fsp3) is 0.200. The van der Waals surface area contributed by atoms with Crippen LogP contribution in [0.1, 0.15) is 0 Å². The van der Waals surface area contributed by atoms with Crippen LogP contribution in [-0.2, 0) is 61.4 Å². The van der Waals surface area contributed by atoms with E-state index in [4.69, 9.17) is 0 Å². The second-order valence-corrected chi connectivity index (χ2v) is 2.10. The number of carbonyl (C=O) groups is 4. The molecule has 0 unspecified atom stereocenters. The van der Waals surface area contributed by atoms with E-state index in [2.05, 4.69) is 9.47 Å². The number of ether oxygens (including phenoxy) is 2. The van der Waals surface area contributed by atoms with Gasteiger partial charge in [0.05, 0.1) is 0 Å². The molecule has 14 heavy (non-hydrogen) atoms. The van der Waals surface area contributed by atoms with Crippen molar-refractivity contribution in [2.45, 2.75) is 0 Å². The van der Waals surface area contributed by atoms with Crippen LogP contribution in [0.25, 0.3) is 12.3 Å². The topological polar surface area (TPSA) is 154 Å². The summed E-state index contributed by atoms with van der Waals surface area (Å²) in [6.07, 6.45) is 0. The molecule has 75 valence electrons. The van der Waals surface area contributed by atoms with Crippen LogP contribution in [-0.4, -0.2) is 23.9 Å². The average Bonchev–Trinajstić information content (AvgIpc) is 1.86. The molecule has 8 nitrogen and oxygen atoms in total. The summed E-state index contributed by atoms with van der Waals surface area (Å²) in [6.45, 7) is 0. The van der Waals surface area contributed by atoms with Crippen LogP contribution in [0.15, 0.2) is 0 Å². The van der Waals surface area contributed by atoms with Gasteiger partial charge in [0.2, 0.25) is 0 Å². The maximum Gasteiger partial charge on any atom is 0.357 e. The first kappa shape index (κ1) is 15.8. The van der Waals surface area contributed by atoms with Gasteiger partial charge in [0, 0.05) is 32.7 Å². The van der Waals surface area contributed by atoms with Gasteiger partial charge in [-0.25, -0.2) is 19.2 Å². The molecule has 2 aliphatic heterocycles. The molecule has 9 heteroatoms. The summed E-state index contributed by atoms with van der Waals surface area (Å²) in [5, 5.41) is 0. The normalized spacial score (nSPS) is 20.0. The summed E-state index contributed by atoms with van der Waals surface area (Å²) in [4.78, 5) is 42.0. The smallest absolute Gasteiger partial charge is 0.357 e. The average molecular weight is 277 g/mol. The Morgan fingerprint density at radius 2 is 0.929 bits per heavy atom. The molecular formula is C5H4N2O6Y-2. The number of rotatable bonds is 0. The molecule has 0 aromatic rings. The van der Waals surface area contributed by atoms with Crippen LogP contribution >= 0.6 is 0 Å². The predicted octanol–water partition coefficient (Wildman–Crippen LogP) is -0.429. The molecule has 2 aliphatic rings. The molecular weight excluding hydrogens is 273 g/mol. The van der Waals surface area contributed by atoms with E-state index in [-0.39, 0.29) is 45.0 Å². The van der Waals surface area contributed by atoms with Crippen molar-refractivity contribution in [1.82, 2.24) is 0 Å². The van der Waals surface area contributed by atoms with Crippen LogP contribution in [0.2, 0.25) is 0 Å². The largest absolute Gasteiger partial charge is 0.693 e. The van der Waals surface area contributed by atoms with E-state index in [9.17, 15) is 19.2 Å². The van der Waals surface area contributed by atoms with E-state index < -0.39 is 29.3 Å². The van der Waals surface area contributed by atoms with Crippen LogP contribution < -0.4 is 0 Å². The third-order valence-corrected chi connectivity index (χ3v) is 1.60. The first-order valence-electron chi connectivity index (χ1n) is 2.63. The van der Waals surface area contributed by atoms with Crippen LogP contribution in [0, 0.1) is 5.41 Å². The van der Waals surface area contributed by atoms with Crippen molar-refractivity contribution in [1.29, 1.82) is 0 Å². The summed E-state index contributed by atoms with van der Waals surface area (Å²) in [5.41, 5.74) is -2.22. The van der Waals surface area contributed by atoms with Crippen LogP contribution in [0.3, 0.4) is 0 Å². The Morgan fingerprint density at radius 1 is 0.714 bits per heavy atom. The minimum Gasteiger partial charge on any atom is -0.693 e. The predicted molar refractivity (Wildman–Crippen MR) is 35.2 cm³/mol. The molecule has 0 aliphatic carbocycles. The maximum atomic E-state index is 10.5. The third-order valence-electron chi connectivity index (χ3n) is 1.60. The molecule has 4 N–H and O–H groups in total. The molecule has 0 atom stereocenters. The Morgan fingerprint density at radius 3 is 1.00 bits per heavy atom. The van der Waals surface area contributed by atoms with Crippen molar-refractivity contribution < 1.29 is 61.4 Å². The molecule has 0 aromatic heterocycles. The van der Waals surface area contributed by atoms with Crippen molar-refractivity contribution in [3.05, 3.63) is 12.3 Å². The van der Waals surface area contributed by atoms with E-state index in [0.29, 0.717) is 0 Å². The number of nitrogens with two attached hydrogens (primary N) is 2. The van der Waals surface area contributed by atoms with Gasteiger partial charge >= 0.3 is 29.3 Å². The maximum absolute atomic E-state index is 10.5. The molecule has 2 fully saturated rings. The Balaban J connectivity index is 0. The summed E-state index contributed by atoms with van der Waals surface area (Å²) < 4.78 is 7.68. The second-order valence-electron chi connectivity index (χ2n) is 2.10. The Kier molecular flexibility index (Phi) is 4.75. The number of hydrogen-bond donors (Lipinski definition) is 0. The van der Waals surface area contributed by atoms with E-state index in [1.54, 1.807) is 0 Å². The summed E-state index contributed by atoms with van der Waals surface area (Å²) >= 11 is 0. The zero-order chi connectivity index (χ0) is 8.22. The fourth-order valence-electron chi connectivity index (χ4n) is 0.882. The standard InChI is InChI=1S/C5O6.2H2N.Y/c6-1-5(2(7)10-1)3(8)11-4(5)9;;;/h;2*1H2;/q;2*-1;. The third kappa shape index (κ3) is 1.22. The van der Waals surface area contributed by atoms with Gasteiger partial charge in [-0.3, -0.25) is 0 Å². The van der Waals surface area contributed by atoms with Gasteiger partial charge in [0.15, 0.2) is 0 Å². The van der Waals surface area contributed by atoms with Gasteiger partial charge in [0.25, 0.3) is 0 Å². The first-order chi connectivity index (χ1) is 5.10. The summed E-state index contributed by atoms with van der Waals surface area (Å²) in [7, 11) is 0. The molecule has 0 amide bonds.